The first kappa shape index (κ1) is 23.5. The number of aromatic nitrogens is 3. The average molecular weight is 500 g/mol. The first-order valence-corrected chi connectivity index (χ1v) is 12.5. The monoisotopic (exact) mass is 499 g/mol. The maximum absolute atomic E-state index is 12.6. The number of carbonyl (C=O) groups is 1. The van der Waals surface area contributed by atoms with Crippen molar-refractivity contribution in [2.45, 2.75) is 25.2 Å². The Balaban J connectivity index is 1.71. The van der Waals surface area contributed by atoms with Crippen LogP contribution in [0.4, 0.5) is 5.69 Å². The maximum Gasteiger partial charge on any atom is 0.357 e. The summed E-state index contributed by atoms with van der Waals surface area (Å²) < 4.78 is 38.4. The molecule has 4 rings (SSSR count). The number of carbonyl (C=O) groups excluding carboxylic acids is 1. The number of aryl methyl sites for hydroxylation is 1. The van der Waals surface area contributed by atoms with E-state index >= 15 is 0 Å². The molecule has 2 aromatic carbocycles. The predicted molar refractivity (Wildman–Crippen MR) is 127 cm³/mol. The van der Waals surface area contributed by atoms with Crippen LogP contribution in [0.25, 0.3) is 10.6 Å². The lowest BCUT2D eigenvalue weighted by Crippen LogP contribution is -2.29. The van der Waals surface area contributed by atoms with Gasteiger partial charge in [-0.2, -0.15) is 13.4 Å². The molecular formula is C22H21N5O5S2. The van der Waals surface area contributed by atoms with Crippen LogP contribution in [0.5, 0.6) is 0 Å². The molecule has 4 N–H and O–H groups in total. The molecule has 0 saturated heterocycles. The summed E-state index contributed by atoms with van der Waals surface area (Å²) in [7, 11) is -4.39. The number of hydrogen-bond acceptors (Lipinski definition) is 8. The number of hydrogen-bond donors (Lipinski definition) is 3. The van der Waals surface area contributed by atoms with E-state index in [-0.39, 0.29) is 11.6 Å². The number of nitrogens with zero attached hydrogens (tertiary/aromatic N) is 3. The van der Waals surface area contributed by atoms with Crippen LogP contribution in [-0.4, -0.2) is 34.0 Å². The number of anilines is 1. The minimum Gasteiger partial charge on any atom is -0.369 e. The van der Waals surface area contributed by atoms with Gasteiger partial charge in [-0.15, -0.1) is 11.3 Å². The second kappa shape index (κ2) is 9.71. The molecule has 176 valence electrons. The van der Waals surface area contributed by atoms with E-state index in [9.17, 15) is 13.2 Å². The fourth-order valence-electron chi connectivity index (χ4n) is 3.61. The van der Waals surface area contributed by atoms with Crippen LogP contribution in [0.3, 0.4) is 0 Å². The van der Waals surface area contributed by atoms with Crippen molar-refractivity contribution in [1.29, 1.82) is 0 Å². The van der Waals surface area contributed by atoms with Gasteiger partial charge >= 0.3 is 10.3 Å². The van der Waals surface area contributed by atoms with E-state index in [1.165, 1.54) is 23.5 Å². The highest BCUT2D eigenvalue weighted by Crippen LogP contribution is 2.37. The van der Waals surface area contributed by atoms with Crippen molar-refractivity contribution in [3.8, 4) is 10.6 Å². The van der Waals surface area contributed by atoms with Crippen molar-refractivity contribution >= 4 is 33.2 Å². The van der Waals surface area contributed by atoms with Crippen LogP contribution in [0.2, 0.25) is 0 Å². The number of primary amides is 1. The lowest BCUT2D eigenvalue weighted by Gasteiger charge is -2.21. The minimum absolute atomic E-state index is 0.105. The van der Waals surface area contributed by atoms with E-state index in [1.807, 2.05) is 40.4 Å². The third-order valence-corrected chi connectivity index (χ3v) is 6.50. The van der Waals surface area contributed by atoms with Gasteiger partial charge in [-0.05, 0) is 31.0 Å². The molecule has 0 aliphatic carbocycles. The van der Waals surface area contributed by atoms with Crippen LogP contribution >= 0.6 is 11.3 Å². The van der Waals surface area contributed by atoms with Gasteiger partial charge in [-0.25, -0.2) is 4.98 Å². The Morgan fingerprint density at radius 3 is 2.44 bits per heavy atom. The Bertz CT molecular complexity index is 1380. The Hall–Kier alpha value is -3.61. The van der Waals surface area contributed by atoms with E-state index in [0.29, 0.717) is 17.9 Å². The normalized spacial score (nSPS) is 13.4. The van der Waals surface area contributed by atoms with Gasteiger partial charge in [0.2, 0.25) is 11.8 Å². The summed E-state index contributed by atoms with van der Waals surface area (Å²) >= 11 is 1.45. The molecule has 2 aromatic heterocycles. The Labute approximate surface area is 199 Å². The average Bonchev–Trinajstić information content (AvgIpc) is 3.43. The maximum atomic E-state index is 12.6. The smallest absolute Gasteiger partial charge is 0.357 e. The molecule has 34 heavy (non-hydrogen) atoms. The lowest BCUT2D eigenvalue weighted by molar-refractivity contribution is -0.120. The van der Waals surface area contributed by atoms with Crippen LogP contribution in [0, 0.1) is 6.92 Å². The molecule has 0 unspecified atom stereocenters. The Morgan fingerprint density at radius 1 is 1.15 bits per heavy atom. The zero-order valence-electron chi connectivity index (χ0n) is 18.0. The van der Waals surface area contributed by atoms with Crippen LogP contribution in [0.15, 0.2) is 64.5 Å². The molecule has 0 aliphatic heterocycles. The molecule has 10 nitrogen and oxygen atoms in total. The van der Waals surface area contributed by atoms with E-state index < -0.39 is 28.0 Å². The molecular weight excluding hydrogens is 478 g/mol. The van der Waals surface area contributed by atoms with Gasteiger partial charge in [0.25, 0.3) is 0 Å². The second-order valence-electron chi connectivity index (χ2n) is 7.59. The lowest BCUT2D eigenvalue weighted by atomic mass is 9.84. The van der Waals surface area contributed by atoms with Gasteiger partial charge in [0.1, 0.15) is 10.9 Å². The standard InChI is InChI=1S/C22H21N5O5S2/c1-13-24-21(32-26-13)19(20(23)28)17(11-14-7-9-16(10-8-14)27-34(29,30)31)18-12-33-22(25-18)15-5-3-2-4-6-15/h2-10,12,17,19,27H,11H2,1H3,(H2,23,28)(H,29,30,31)/t17-,19-/m1/s1. The zero-order valence-corrected chi connectivity index (χ0v) is 19.6. The molecule has 12 heteroatoms. The minimum atomic E-state index is -4.39. The number of amides is 1. The van der Waals surface area contributed by atoms with Crippen LogP contribution < -0.4 is 10.5 Å². The van der Waals surface area contributed by atoms with Gasteiger partial charge in [-0.3, -0.25) is 14.1 Å². The number of nitrogens with one attached hydrogen (secondary N) is 1. The SMILES string of the molecule is Cc1noc([C@@H](C(N)=O)[C@H](Cc2ccc(NS(=O)(=O)O)cc2)c2csc(-c3ccccc3)n2)n1. The molecule has 4 aromatic rings. The zero-order chi connectivity index (χ0) is 24.3. The Morgan fingerprint density at radius 2 is 1.85 bits per heavy atom. The largest absolute Gasteiger partial charge is 0.369 e. The fraction of sp³-hybridized carbons (Fsp3) is 0.182. The van der Waals surface area contributed by atoms with E-state index in [4.69, 9.17) is 19.8 Å². The number of thiazole rings is 1. The number of rotatable bonds is 9. The van der Waals surface area contributed by atoms with Crippen molar-refractivity contribution in [3.63, 3.8) is 0 Å². The number of nitrogens with two attached hydrogens (primary N) is 1. The highest BCUT2D eigenvalue weighted by molar-refractivity contribution is 7.87. The number of benzene rings is 2. The van der Waals surface area contributed by atoms with Crippen molar-refractivity contribution < 1.29 is 22.3 Å². The third-order valence-electron chi connectivity index (χ3n) is 5.10. The molecule has 2 atom stereocenters. The molecule has 0 bridgehead atoms. The highest BCUT2D eigenvalue weighted by Gasteiger charge is 2.36. The first-order chi connectivity index (χ1) is 16.2. The summed E-state index contributed by atoms with van der Waals surface area (Å²) in [5.74, 6) is -1.60. The highest BCUT2D eigenvalue weighted by atomic mass is 32.2. The van der Waals surface area contributed by atoms with Crippen molar-refractivity contribution in [2.24, 2.45) is 5.73 Å². The van der Waals surface area contributed by atoms with Gasteiger partial charge < -0.3 is 10.3 Å². The third kappa shape index (κ3) is 5.65. The van der Waals surface area contributed by atoms with E-state index in [2.05, 4.69) is 10.1 Å². The quantitative estimate of drug-likeness (QED) is 0.296. The summed E-state index contributed by atoms with van der Waals surface area (Å²) in [5.41, 5.74) is 8.35. The molecule has 0 spiro atoms. The van der Waals surface area contributed by atoms with E-state index in [0.717, 1.165) is 16.1 Å². The van der Waals surface area contributed by atoms with Gasteiger partial charge in [0.15, 0.2) is 5.82 Å². The topological polar surface area (TPSA) is 161 Å². The van der Waals surface area contributed by atoms with Gasteiger partial charge in [0.05, 0.1) is 11.4 Å². The second-order valence-corrected chi connectivity index (χ2v) is 9.60. The van der Waals surface area contributed by atoms with Crippen molar-refractivity contribution in [1.82, 2.24) is 15.1 Å². The van der Waals surface area contributed by atoms with Gasteiger partial charge in [-0.1, -0.05) is 47.6 Å². The summed E-state index contributed by atoms with van der Waals surface area (Å²) in [6.45, 7) is 1.65. The van der Waals surface area contributed by atoms with Crippen molar-refractivity contribution in [3.05, 3.63) is 82.9 Å². The molecule has 0 radical (unpaired) electrons. The predicted octanol–water partition coefficient (Wildman–Crippen LogP) is 3.31. The summed E-state index contributed by atoms with van der Waals surface area (Å²) in [4.78, 5) is 21.6. The summed E-state index contributed by atoms with van der Waals surface area (Å²) in [6, 6.07) is 16.0. The molecule has 0 saturated carbocycles. The Kier molecular flexibility index (Phi) is 6.72. The molecule has 0 fully saturated rings. The molecule has 0 aliphatic rings. The first-order valence-electron chi connectivity index (χ1n) is 10.1. The molecule has 1 amide bonds. The summed E-state index contributed by atoms with van der Waals surface area (Å²) in [5, 5.41) is 6.47. The van der Waals surface area contributed by atoms with Gasteiger partial charge in [0, 0.05) is 16.9 Å². The van der Waals surface area contributed by atoms with Crippen LogP contribution in [0.1, 0.15) is 34.8 Å². The van der Waals surface area contributed by atoms with Crippen molar-refractivity contribution in [2.75, 3.05) is 4.72 Å². The van der Waals surface area contributed by atoms with Crippen LogP contribution in [-0.2, 0) is 21.5 Å². The fourth-order valence-corrected chi connectivity index (χ4v) is 4.93. The van der Waals surface area contributed by atoms with E-state index in [1.54, 1.807) is 19.1 Å². The summed E-state index contributed by atoms with van der Waals surface area (Å²) in [6.07, 6.45) is 0.332. The molecule has 2 heterocycles.